The van der Waals surface area contributed by atoms with Gasteiger partial charge in [0.05, 0.1) is 19.3 Å². The molecule has 0 fully saturated rings. The number of ether oxygens (including phenoxy) is 1. The minimum Gasteiger partial charge on any atom is -0.481 e. The topological polar surface area (TPSA) is 58.5 Å². The van der Waals surface area contributed by atoms with Crippen molar-refractivity contribution in [2.24, 2.45) is 4.99 Å². The molecule has 1 rings (SSSR count). The number of hydrogen-bond acceptors (Lipinski definition) is 3. The number of guanidine groups is 1. The molecule has 0 aliphatic carbocycles. The summed E-state index contributed by atoms with van der Waals surface area (Å²) in [6, 6.07) is 5.68. The Morgan fingerprint density at radius 2 is 2.05 bits per heavy atom. The quantitative estimate of drug-likeness (QED) is 0.470. The Morgan fingerprint density at radius 1 is 1.35 bits per heavy atom. The number of methoxy groups -OCH3 is 1. The number of nitrogens with one attached hydrogen (secondary N) is 2. The smallest absolute Gasteiger partial charge is 0.213 e. The van der Waals surface area contributed by atoms with E-state index in [-0.39, 0.29) is 29.5 Å². The first-order valence-electron chi connectivity index (χ1n) is 6.51. The molecule has 0 aromatic carbocycles. The van der Waals surface area contributed by atoms with Crippen molar-refractivity contribution in [1.29, 1.82) is 0 Å². The van der Waals surface area contributed by atoms with Crippen LogP contribution in [-0.2, 0) is 6.54 Å². The van der Waals surface area contributed by atoms with E-state index in [0.29, 0.717) is 12.4 Å². The second kappa shape index (κ2) is 8.99. The standard InChI is InChI=1S/C14H24N4O.HI/c1-6-15-13(18-14(2,3)4)16-10-11-8-7-9-12(17-11)19-5;/h7-9H,6,10H2,1-5H3,(H2,15,16,18);1H. The highest BCUT2D eigenvalue weighted by molar-refractivity contribution is 14.0. The van der Waals surface area contributed by atoms with Gasteiger partial charge in [-0.1, -0.05) is 6.07 Å². The molecule has 2 N–H and O–H groups in total. The van der Waals surface area contributed by atoms with Gasteiger partial charge >= 0.3 is 0 Å². The molecule has 0 spiro atoms. The molecule has 0 radical (unpaired) electrons. The summed E-state index contributed by atoms with van der Waals surface area (Å²) in [5.74, 6) is 1.40. The van der Waals surface area contributed by atoms with Crippen LogP contribution in [0.2, 0.25) is 0 Å². The van der Waals surface area contributed by atoms with E-state index in [4.69, 9.17) is 4.74 Å². The van der Waals surface area contributed by atoms with Crippen molar-refractivity contribution in [2.45, 2.75) is 39.8 Å². The van der Waals surface area contributed by atoms with E-state index in [0.717, 1.165) is 18.2 Å². The van der Waals surface area contributed by atoms with Gasteiger partial charge in [0.2, 0.25) is 5.88 Å². The third-order valence-electron chi connectivity index (χ3n) is 2.23. The zero-order chi connectivity index (χ0) is 14.3. The van der Waals surface area contributed by atoms with Gasteiger partial charge in [-0.3, -0.25) is 0 Å². The molecule has 0 saturated carbocycles. The summed E-state index contributed by atoms with van der Waals surface area (Å²) in [5.41, 5.74) is 0.855. The SMILES string of the molecule is CCNC(=NCc1cccc(OC)n1)NC(C)(C)C.I. The summed E-state index contributed by atoms with van der Waals surface area (Å²) in [5, 5.41) is 6.55. The highest BCUT2D eigenvalue weighted by Gasteiger charge is 2.11. The Kier molecular flexibility index (Phi) is 8.52. The average Bonchev–Trinajstić information content (AvgIpc) is 2.35. The summed E-state index contributed by atoms with van der Waals surface area (Å²) in [7, 11) is 1.61. The van der Waals surface area contributed by atoms with Crippen molar-refractivity contribution in [3.8, 4) is 5.88 Å². The van der Waals surface area contributed by atoms with Gasteiger partial charge in [0.15, 0.2) is 5.96 Å². The molecule has 114 valence electrons. The fourth-order valence-electron chi connectivity index (χ4n) is 1.48. The second-order valence-corrected chi connectivity index (χ2v) is 5.24. The van der Waals surface area contributed by atoms with Crippen molar-refractivity contribution in [3.05, 3.63) is 23.9 Å². The zero-order valence-corrected chi connectivity index (χ0v) is 15.2. The molecule has 0 aliphatic heterocycles. The van der Waals surface area contributed by atoms with E-state index < -0.39 is 0 Å². The Bertz CT molecular complexity index is 429. The maximum absolute atomic E-state index is 5.10. The minimum absolute atomic E-state index is 0. The van der Waals surface area contributed by atoms with E-state index in [2.05, 4.69) is 41.4 Å². The van der Waals surface area contributed by atoms with Crippen LogP contribution in [0.25, 0.3) is 0 Å². The van der Waals surface area contributed by atoms with Crippen LogP contribution in [0.15, 0.2) is 23.2 Å². The van der Waals surface area contributed by atoms with Crippen molar-refractivity contribution < 1.29 is 4.74 Å². The van der Waals surface area contributed by atoms with Gasteiger partial charge in [-0.05, 0) is 33.8 Å². The minimum atomic E-state index is -0.0250. The number of rotatable bonds is 4. The molecule has 5 nitrogen and oxygen atoms in total. The number of hydrogen-bond donors (Lipinski definition) is 2. The monoisotopic (exact) mass is 392 g/mol. The first-order chi connectivity index (χ1) is 8.94. The molecular weight excluding hydrogens is 367 g/mol. The average molecular weight is 392 g/mol. The van der Waals surface area contributed by atoms with Crippen LogP contribution >= 0.6 is 24.0 Å². The van der Waals surface area contributed by atoms with Crippen LogP contribution in [0, 0.1) is 0 Å². The summed E-state index contributed by atoms with van der Waals surface area (Å²) >= 11 is 0. The molecule has 1 aromatic rings. The molecule has 1 heterocycles. The van der Waals surface area contributed by atoms with Crippen LogP contribution < -0.4 is 15.4 Å². The van der Waals surface area contributed by atoms with Gasteiger partial charge < -0.3 is 15.4 Å². The summed E-state index contributed by atoms with van der Waals surface area (Å²) in [4.78, 5) is 8.86. The Labute approximate surface area is 138 Å². The van der Waals surface area contributed by atoms with E-state index in [1.165, 1.54) is 0 Å². The van der Waals surface area contributed by atoms with Crippen molar-refractivity contribution >= 4 is 29.9 Å². The lowest BCUT2D eigenvalue weighted by Crippen LogP contribution is -2.47. The highest BCUT2D eigenvalue weighted by atomic mass is 127. The summed E-state index contributed by atoms with van der Waals surface area (Å²) in [6.45, 7) is 9.69. The molecule has 6 heteroatoms. The van der Waals surface area contributed by atoms with Crippen molar-refractivity contribution in [2.75, 3.05) is 13.7 Å². The van der Waals surface area contributed by atoms with Crippen molar-refractivity contribution in [1.82, 2.24) is 15.6 Å². The molecule has 0 saturated heterocycles. The van der Waals surface area contributed by atoms with E-state index in [9.17, 15) is 0 Å². The third kappa shape index (κ3) is 7.52. The summed E-state index contributed by atoms with van der Waals surface area (Å²) < 4.78 is 5.10. The van der Waals surface area contributed by atoms with Gasteiger partial charge in [-0.25, -0.2) is 9.98 Å². The predicted molar refractivity (Wildman–Crippen MR) is 93.9 cm³/mol. The number of nitrogens with zero attached hydrogens (tertiary/aromatic N) is 2. The van der Waals surface area contributed by atoms with Gasteiger partial charge in [-0.15, -0.1) is 24.0 Å². The van der Waals surface area contributed by atoms with Crippen LogP contribution in [0.5, 0.6) is 5.88 Å². The zero-order valence-electron chi connectivity index (χ0n) is 12.9. The third-order valence-corrected chi connectivity index (χ3v) is 2.23. The van der Waals surface area contributed by atoms with E-state index >= 15 is 0 Å². The van der Waals surface area contributed by atoms with Gasteiger partial charge in [-0.2, -0.15) is 0 Å². The van der Waals surface area contributed by atoms with E-state index in [1.54, 1.807) is 7.11 Å². The van der Waals surface area contributed by atoms with Crippen LogP contribution in [0.3, 0.4) is 0 Å². The maximum Gasteiger partial charge on any atom is 0.213 e. The van der Waals surface area contributed by atoms with Gasteiger partial charge in [0, 0.05) is 18.2 Å². The van der Waals surface area contributed by atoms with E-state index in [1.807, 2.05) is 25.1 Å². The molecule has 0 amide bonds. The first kappa shape index (κ1) is 18.9. The molecule has 20 heavy (non-hydrogen) atoms. The molecular formula is C14H25IN4O. The Morgan fingerprint density at radius 3 is 2.60 bits per heavy atom. The fraction of sp³-hybridized carbons (Fsp3) is 0.571. The number of aromatic nitrogens is 1. The Balaban J connectivity index is 0.00000361. The maximum atomic E-state index is 5.10. The highest BCUT2D eigenvalue weighted by Crippen LogP contribution is 2.07. The lowest BCUT2D eigenvalue weighted by Gasteiger charge is -2.23. The number of halogens is 1. The molecule has 0 aliphatic rings. The van der Waals surface area contributed by atoms with Crippen LogP contribution in [-0.4, -0.2) is 30.1 Å². The van der Waals surface area contributed by atoms with Gasteiger partial charge in [0.25, 0.3) is 0 Å². The Hall–Kier alpha value is -1.05. The van der Waals surface area contributed by atoms with Crippen LogP contribution in [0.1, 0.15) is 33.4 Å². The molecule has 0 bridgehead atoms. The first-order valence-corrected chi connectivity index (χ1v) is 6.51. The van der Waals surface area contributed by atoms with Gasteiger partial charge in [0.1, 0.15) is 0 Å². The van der Waals surface area contributed by atoms with Crippen LogP contribution in [0.4, 0.5) is 0 Å². The largest absolute Gasteiger partial charge is 0.481 e. The predicted octanol–water partition coefficient (Wildman–Crippen LogP) is 2.56. The number of pyridine rings is 1. The lowest BCUT2D eigenvalue weighted by atomic mass is 10.1. The molecule has 1 aromatic heterocycles. The second-order valence-electron chi connectivity index (χ2n) is 5.24. The fourth-order valence-corrected chi connectivity index (χ4v) is 1.48. The lowest BCUT2D eigenvalue weighted by molar-refractivity contribution is 0.396. The number of aliphatic imine (C=N–C) groups is 1. The molecule has 0 atom stereocenters. The normalized spacial score (nSPS) is 11.6. The summed E-state index contributed by atoms with van der Waals surface area (Å²) in [6.07, 6.45) is 0. The van der Waals surface area contributed by atoms with Crippen molar-refractivity contribution in [3.63, 3.8) is 0 Å². The molecule has 0 unspecified atom stereocenters.